The third kappa shape index (κ3) is 2.17. The van der Waals surface area contributed by atoms with Crippen LogP contribution in [0.2, 0.25) is 0 Å². The quantitative estimate of drug-likeness (QED) is 0.529. The zero-order valence-corrected chi connectivity index (χ0v) is 14.3. The third-order valence-corrected chi connectivity index (χ3v) is 7.60. The molecule has 1 saturated heterocycles. The van der Waals surface area contributed by atoms with Gasteiger partial charge >= 0.3 is 0 Å². The lowest BCUT2D eigenvalue weighted by Gasteiger charge is -2.60. The van der Waals surface area contributed by atoms with Crippen LogP contribution in [0.15, 0.2) is 16.8 Å². The SMILES string of the molecule is CC12CCC3C(CCC4=C/C(=N/O)CCC43C)C1CCC(=O)N2. The average Bonchev–Trinajstić information content (AvgIpc) is 2.52. The number of hydrogen-bond acceptors (Lipinski definition) is 3. The molecule has 1 amide bonds. The van der Waals surface area contributed by atoms with E-state index in [2.05, 4.69) is 30.4 Å². The molecule has 5 unspecified atom stereocenters. The van der Waals surface area contributed by atoms with Crippen LogP contribution in [-0.2, 0) is 4.79 Å². The van der Waals surface area contributed by atoms with Crippen LogP contribution in [0.25, 0.3) is 0 Å². The fraction of sp³-hybridized carbons (Fsp3) is 0.789. The summed E-state index contributed by atoms with van der Waals surface area (Å²) < 4.78 is 0. The van der Waals surface area contributed by atoms with Crippen molar-refractivity contribution >= 4 is 11.6 Å². The van der Waals surface area contributed by atoms with Crippen LogP contribution < -0.4 is 5.32 Å². The molecular weight excluding hydrogens is 288 g/mol. The molecule has 3 fully saturated rings. The van der Waals surface area contributed by atoms with Gasteiger partial charge in [0.2, 0.25) is 5.91 Å². The normalized spacial score (nSPS) is 47.9. The van der Waals surface area contributed by atoms with E-state index in [1.54, 1.807) is 0 Å². The molecule has 0 spiro atoms. The van der Waals surface area contributed by atoms with Gasteiger partial charge in [0, 0.05) is 12.0 Å². The fourth-order valence-corrected chi connectivity index (χ4v) is 6.33. The number of hydrogen-bond donors (Lipinski definition) is 2. The highest BCUT2D eigenvalue weighted by molar-refractivity contribution is 5.96. The molecule has 4 rings (SSSR count). The summed E-state index contributed by atoms with van der Waals surface area (Å²) >= 11 is 0. The Hall–Kier alpha value is -1.32. The summed E-state index contributed by atoms with van der Waals surface area (Å²) in [6, 6.07) is 0. The number of nitrogens with one attached hydrogen (secondary N) is 1. The van der Waals surface area contributed by atoms with E-state index < -0.39 is 0 Å². The van der Waals surface area contributed by atoms with Crippen LogP contribution in [0.1, 0.15) is 65.2 Å². The molecule has 0 radical (unpaired) electrons. The van der Waals surface area contributed by atoms with Crippen LogP contribution in [0.4, 0.5) is 0 Å². The van der Waals surface area contributed by atoms with Crippen molar-refractivity contribution in [1.82, 2.24) is 5.32 Å². The van der Waals surface area contributed by atoms with E-state index in [1.807, 2.05) is 0 Å². The molecule has 0 aromatic rings. The van der Waals surface area contributed by atoms with Crippen LogP contribution in [0.3, 0.4) is 0 Å². The van der Waals surface area contributed by atoms with Crippen molar-refractivity contribution < 1.29 is 10.0 Å². The van der Waals surface area contributed by atoms with Gasteiger partial charge in [-0.2, -0.15) is 0 Å². The first-order valence-electron chi connectivity index (χ1n) is 9.19. The minimum Gasteiger partial charge on any atom is -0.411 e. The molecule has 5 atom stereocenters. The number of amides is 1. The molecule has 23 heavy (non-hydrogen) atoms. The predicted octanol–water partition coefficient (Wildman–Crippen LogP) is 3.65. The van der Waals surface area contributed by atoms with Gasteiger partial charge in [-0.3, -0.25) is 4.79 Å². The molecule has 1 aliphatic heterocycles. The molecule has 4 aliphatic rings. The smallest absolute Gasteiger partial charge is 0.220 e. The highest BCUT2D eigenvalue weighted by Crippen LogP contribution is 2.60. The first-order valence-corrected chi connectivity index (χ1v) is 9.19. The Labute approximate surface area is 138 Å². The Bertz CT molecular complexity index is 596. The molecular formula is C19H28N2O2. The third-order valence-electron chi connectivity index (χ3n) is 7.60. The maximum absolute atomic E-state index is 11.9. The Morgan fingerprint density at radius 1 is 1.13 bits per heavy atom. The second-order valence-corrected chi connectivity index (χ2v) is 8.64. The van der Waals surface area contributed by atoms with Gasteiger partial charge < -0.3 is 10.5 Å². The summed E-state index contributed by atoms with van der Waals surface area (Å²) in [7, 11) is 0. The lowest BCUT2D eigenvalue weighted by Crippen LogP contribution is -2.62. The van der Waals surface area contributed by atoms with E-state index in [0.717, 1.165) is 49.7 Å². The number of nitrogens with zero attached hydrogens (tertiary/aromatic N) is 1. The lowest BCUT2D eigenvalue weighted by atomic mass is 9.47. The minimum absolute atomic E-state index is 0.0143. The Morgan fingerprint density at radius 2 is 1.96 bits per heavy atom. The number of allylic oxidation sites excluding steroid dienone is 2. The van der Waals surface area contributed by atoms with Gasteiger partial charge in [-0.25, -0.2) is 0 Å². The van der Waals surface area contributed by atoms with Crippen molar-refractivity contribution in [3.05, 3.63) is 11.6 Å². The van der Waals surface area contributed by atoms with Gasteiger partial charge in [0.05, 0.1) is 5.71 Å². The topological polar surface area (TPSA) is 61.7 Å². The molecule has 0 aromatic heterocycles. The number of fused-ring (bicyclic) bond motifs is 5. The maximum atomic E-state index is 11.9. The minimum atomic E-state index is 0.0143. The number of oxime groups is 1. The molecule has 2 N–H and O–H groups in total. The molecule has 2 saturated carbocycles. The molecule has 0 bridgehead atoms. The Morgan fingerprint density at radius 3 is 2.74 bits per heavy atom. The molecule has 0 aromatic carbocycles. The number of piperidine rings is 1. The molecule has 126 valence electrons. The monoisotopic (exact) mass is 316 g/mol. The van der Waals surface area contributed by atoms with E-state index in [9.17, 15) is 4.79 Å². The van der Waals surface area contributed by atoms with Crippen molar-refractivity contribution in [3.8, 4) is 0 Å². The van der Waals surface area contributed by atoms with Crippen molar-refractivity contribution in [2.45, 2.75) is 70.8 Å². The molecule has 4 heteroatoms. The molecule has 4 nitrogen and oxygen atoms in total. The van der Waals surface area contributed by atoms with Crippen molar-refractivity contribution in [3.63, 3.8) is 0 Å². The van der Waals surface area contributed by atoms with Crippen molar-refractivity contribution in [1.29, 1.82) is 0 Å². The second kappa shape index (κ2) is 5.09. The Balaban J connectivity index is 1.66. The fourth-order valence-electron chi connectivity index (χ4n) is 6.33. The summed E-state index contributed by atoms with van der Waals surface area (Å²) in [5.41, 5.74) is 2.63. The van der Waals surface area contributed by atoms with Crippen LogP contribution >= 0.6 is 0 Å². The van der Waals surface area contributed by atoms with Crippen LogP contribution in [0.5, 0.6) is 0 Å². The number of rotatable bonds is 0. The molecule has 3 aliphatic carbocycles. The highest BCUT2D eigenvalue weighted by Gasteiger charge is 2.56. The summed E-state index contributed by atoms with van der Waals surface area (Å²) in [6.45, 7) is 4.71. The van der Waals surface area contributed by atoms with Gasteiger partial charge in [-0.15, -0.1) is 0 Å². The standard InChI is InChI=1S/C19H28N2O2/c1-18-9-7-13(21-23)11-12(18)3-4-14-15(18)8-10-19(2)16(14)5-6-17(22)20-19/h11,14-16,23H,3-10H2,1-2H3,(H,20,22)/b21-13+. The second-order valence-electron chi connectivity index (χ2n) is 8.64. The van der Waals surface area contributed by atoms with Crippen molar-refractivity contribution in [2.75, 3.05) is 0 Å². The summed E-state index contributed by atoms with van der Waals surface area (Å²) in [4.78, 5) is 11.9. The Kier molecular flexibility index (Phi) is 3.37. The van der Waals surface area contributed by atoms with Gasteiger partial charge in [0.25, 0.3) is 0 Å². The van der Waals surface area contributed by atoms with Gasteiger partial charge in [-0.05, 0) is 81.1 Å². The zero-order chi connectivity index (χ0) is 16.2. The summed E-state index contributed by atoms with van der Waals surface area (Å²) in [5.74, 6) is 2.32. The number of carbonyl (C=O) groups excluding carboxylic acids is 1. The van der Waals surface area contributed by atoms with E-state index >= 15 is 0 Å². The number of carbonyl (C=O) groups is 1. The van der Waals surface area contributed by atoms with Gasteiger partial charge in [0.15, 0.2) is 0 Å². The van der Waals surface area contributed by atoms with E-state index in [4.69, 9.17) is 5.21 Å². The van der Waals surface area contributed by atoms with E-state index in [1.165, 1.54) is 18.4 Å². The first-order chi connectivity index (χ1) is 11.0. The van der Waals surface area contributed by atoms with E-state index in [-0.39, 0.29) is 16.9 Å². The highest BCUT2D eigenvalue weighted by atomic mass is 16.4. The van der Waals surface area contributed by atoms with Gasteiger partial charge in [-0.1, -0.05) is 17.7 Å². The van der Waals surface area contributed by atoms with Crippen LogP contribution in [0, 0.1) is 23.2 Å². The largest absolute Gasteiger partial charge is 0.411 e. The van der Waals surface area contributed by atoms with E-state index in [0.29, 0.717) is 12.3 Å². The maximum Gasteiger partial charge on any atom is 0.220 e. The first kappa shape index (κ1) is 15.2. The van der Waals surface area contributed by atoms with Gasteiger partial charge in [0.1, 0.15) is 0 Å². The molecule has 1 heterocycles. The summed E-state index contributed by atoms with van der Waals surface area (Å²) in [5, 5.41) is 15.9. The van der Waals surface area contributed by atoms with Crippen molar-refractivity contribution in [2.24, 2.45) is 28.3 Å². The lowest BCUT2D eigenvalue weighted by molar-refractivity contribution is -0.131. The zero-order valence-electron chi connectivity index (χ0n) is 14.3. The summed E-state index contributed by atoms with van der Waals surface area (Å²) in [6.07, 6.45) is 10.6. The predicted molar refractivity (Wildman–Crippen MR) is 89.4 cm³/mol. The average molecular weight is 316 g/mol. The van der Waals surface area contributed by atoms with Crippen LogP contribution in [-0.4, -0.2) is 22.4 Å².